The lowest BCUT2D eigenvalue weighted by Crippen LogP contribution is -2.40. The van der Waals surface area contributed by atoms with Crippen molar-refractivity contribution in [1.29, 1.82) is 0 Å². The summed E-state index contributed by atoms with van der Waals surface area (Å²) in [5.74, 6) is 1.01. The zero-order valence-electron chi connectivity index (χ0n) is 9.85. The van der Waals surface area contributed by atoms with Crippen molar-refractivity contribution in [2.45, 2.75) is 13.3 Å². The summed E-state index contributed by atoms with van der Waals surface area (Å²) in [6, 6.07) is 8.29. The first-order valence-electron chi connectivity index (χ1n) is 6.02. The van der Waals surface area contributed by atoms with Gasteiger partial charge in [-0.3, -0.25) is 0 Å². The van der Waals surface area contributed by atoms with Crippen LogP contribution in [0.15, 0.2) is 24.3 Å². The van der Waals surface area contributed by atoms with E-state index in [9.17, 15) is 0 Å². The normalized spacial score (nSPS) is 16.2. The van der Waals surface area contributed by atoms with Crippen molar-refractivity contribution in [2.75, 3.05) is 37.7 Å². The van der Waals surface area contributed by atoms with Crippen LogP contribution in [0.25, 0.3) is 0 Å². The molecule has 2 rings (SSSR count). The van der Waals surface area contributed by atoms with Gasteiger partial charge in [-0.1, -0.05) is 19.1 Å². The SMILES string of the molecule is CCCOc1ccccc1N1CC[N]CC1. The highest BCUT2D eigenvalue weighted by molar-refractivity contribution is 5.58. The maximum Gasteiger partial charge on any atom is 0.142 e. The Morgan fingerprint density at radius 1 is 1.25 bits per heavy atom. The van der Waals surface area contributed by atoms with E-state index in [0.717, 1.165) is 45.0 Å². The predicted molar refractivity (Wildman–Crippen MR) is 66.3 cm³/mol. The fourth-order valence-electron chi connectivity index (χ4n) is 1.90. The highest BCUT2D eigenvalue weighted by Crippen LogP contribution is 2.28. The highest BCUT2D eigenvalue weighted by Gasteiger charge is 2.14. The first kappa shape index (κ1) is 11.3. The largest absolute Gasteiger partial charge is 0.491 e. The third kappa shape index (κ3) is 2.67. The van der Waals surface area contributed by atoms with E-state index in [4.69, 9.17) is 4.74 Å². The van der Waals surface area contributed by atoms with Gasteiger partial charge in [0.25, 0.3) is 0 Å². The number of nitrogens with zero attached hydrogens (tertiary/aromatic N) is 2. The Hall–Kier alpha value is -1.22. The molecule has 0 unspecified atom stereocenters. The standard InChI is InChI=1S/C13H19N2O/c1-2-11-16-13-6-4-3-5-12(13)15-9-7-14-8-10-15/h3-6H,2,7-11H2,1H3. The van der Waals surface area contributed by atoms with Crippen LogP contribution in [0, 0.1) is 0 Å². The molecule has 0 aromatic heterocycles. The number of anilines is 1. The molecule has 0 atom stereocenters. The summed E-state index contributed by atoms with van der Waals surface area (Å²) < 4.78 is 5.77. The van der Waals surface area contributed by atoms with Crippen LogP contribution in [-0.4, -0.2) is 32.8 Å². The van der Waals surface area contributed by atoms with Gasteiger partial charge in [-0.25, -0.2) is 5.32 Å². The molecular weight excluding hydrogens is 200 g/mol. The molecule has 3 nitrogen and oxygen atoms in total. The van der Waals surface area contributed by atoms with Crippen molar-refractivity contribution in [1.82, 2.24) is 5.32 Å². The lowest BCUT2D eigenvalue weighted by atomic mass is 10.2. The number of para-hydroxylation sites is 2. The zero-order chi connectivity index (χ0) is 11.2. The Morgan fingerprint density at radius 2 is 2.00 bits per heavy atom. The van der Waals surface area contributed by atoms with Crippen molar-refractivity contribution in [3.8, 4) is 5.75 Å². The number of piperazine rings is 1. The average Bonchev–Trinajstić information content (AvgIpc) is 2.38. The smallest absolute Gasteiger partial charge is 0.142 e. The van der Waals surface area contributed by atoms with E-state index < -0.39 is 0 Å². The maximum absolute atomic E-state index is 5.77. The van der Waals surface area contributed by atoms with Crippen molar-refractivity contribution >= 4 is 5.69 Å². The zero-order valence-corrected chi connectivity index (χ0v) is 9.85. The summed E-state index contributed by atoms with van der Waals surface area (Å²) in [6.07, 6.45) is 1.05. The number of hydrogen-bond donors (Lipinski definition) is 0. The van der Waals surface area contributed by atoms with Crippen LogP contribution in [0.1, 0.15) is 13.3 Å². The summed E-state index contributed by atoms with van der Waals surface area (Å²) >= 11 is 0. The molecule has 1 aromatic rings. The van der Waals surface area contributed by atoms with Gasteiger partial charge in [0.15, 0.2) is 0 Å². The van der Waals surface area contributed by atoms with E-state index in [1.54, 1.807) is 0 Å². The van der Waals surface area contributed by atoms with Crippen LogP contribution >= 0.6 is 0 Å². The Morgan fingerprint density at radius 3 is 2.75 bits per heavy atom. The van der Waals surface area contributed by atoms with Gasteiger partial charge in [0.1, 0.15) is 5.75 Å². The first-order valence-corrected chi connectivity index (χ1v) is 6.02. The minimum absolute atomic E-state index is 0.787. The molecule has 3 heteroatoms. The van der Waals surface area contributed by atoms with Gasteiger partial charge in [-0.05, 0) is 18.6 Å². The minimum Gasteiger partial charge on any atom is -0.491 e. The summed E-state index contributed by atoms with van der Waals surface area (Å²) in [6.45, 7) is 6.79. The topological polar surface area (TPSA) is 26.6 Å². The van der Waals surface area contributed by atoms with E-state index in [-0.39, 0.29) is 0 Å². The van der Waals surface area contributed by atoms with Crippen molar-refractivity contribution in [3.05, 3.63) is 24.3 Å². The maximum atomic E-state index is 5.77. The summed E-state index contributed by atoms with van der Waals surface area (Å²) in [5, 5.41) is 4.36. The quantitative estimate of drug-likeness (QED) is 0.773. The molecule has 0 N–H and O–H groups in total. The third-order valence-corrected chi connectivity index (χ3v) is 2.72. The Balaban J connectivity index is 2.11. The van der Waals surface area contributed by atoms with Crippen LogP contribution in [0.4, 0.5) is 5.69 Å². The van der Waals surface area contributed by atoms with E-state index in [1.807, 2.05) is 6.07 Å². The summed E-state index contributed by atoms with van der Waals surface area (Å²) in [4.78, 5) is 2.36. The second-order valence-corrected chi connectivity index (χ2v) is 3.97. The van der Waals surface area contributed by atoms with Crippen molar-refractivity contribution in [2.24, 2.45) is 0 Å². The monoisotopic (exact) mass is 219 g/mol. The second kappa shape index (κ2) is 5.75. The Bertz CT molecular complexity index is 321. The molecule has 87 valence electrons. The molecule has 1 heterocycles. The molecule has 1 radical (unpaired) electrons. The Labute approximate surface area is 97.4 Å². The average molecular weight is 219 g/mol. The lowest BCUT2D eigenvalue weighted by Gasteiger charge is -2.30. The summed E-state index contributed by atoms with van der Waals surface area (Å²) in [7, 11) is 0. The molecule has 1 fully saturated rings. The molecule has 1 aliphatic rings. The molecule has 0 amide bonds. The van der Waals surface area contributed by atoms with Crippen LogP contribution in [0.3, 0.4) is 0 Å². The fraction of sp³-hybridized carbons (Fsp3) is 0.538. The molecular formula is C13H19N2O. The van der Waals surface area contributed by atoms with Gasteiger partial charge in [-0.2, -0.15) is 0 Å². The van der Waals surface area contributed by atoms with Crippen molar-refractivity contribution < 1.29 is 4.74 Å². The van der Waals surface area contributed by atoms with Crippen molar-refractivity contribution in [3.63, 3.8) is 0 Å². The van der Waals surface area contributed by atoms with Gasteiger partial charge in [0.05, 0.1) is 12.3 Å². The molecule has 0 aliphatic carbocycles. The lowest BCUT2D eigenvalue weighted by molar-refractivity contribution is 0.317. The van der Waals surface area contributed by atoms with Gasteiger partial charge in [0, 0.05) is 26.2 Å². The van der Waals surface area contributed by atoms with Crippen LogP contribution < -0.4 is 15.0 Å². The molecule has 0 saturated carbocycles. The second-order valence-electron chi connectivity index (χ2n) is 3.97. The van der Waals surface area contributed by atoms with E-state index >= 15 is 0 Å². The number of hydrogen-bond acceptors (Lipinski definition) is 2. The molecule has 1 aliphatic heterocycles. The Kier molecular flexibility index (Phi) is 4.05. The fourth-order valence-corrected chi connectivity index (χ4v) is 1.90. The summed E-state index contributed by atoms with van der Waals surface area (Å²) in [5.41, 5.74) is 1.21. The molecule has 0 spiro atoms. The van der Waals surface area contributed by atoms with E-state index in [2.05, 4.69) is 35.3 Å². The van der Waals surface area contributed by atoms with Gasteiger partial charge >= 0.3 is 0 Å². The molecule has 1 aromatic carbocycles. The number of rotatable bonds is 4. The van der Waals surface area contributed by atoms with Gasteiger partial charge in [-0.15, -0.1) is 0 Å². The minimum atomic E-state index is 0.787. The van der Waals surface area contributed by atoms with Gasteiger partial charge in [0.2, 0.25) is 0 Å². The predicted octanol–water partition coefficient (Wildman–Crippen LogP) is 1.90. The van der Waals surface area contributed by atoms with Gasteiger partial charge < -0.3 is 9.64 Å². The molecule has 16 heavy (non-hydrogen) atoms. The van der Waals surface area contributed by atoms with Crippen LogP contribution in [0.2, 0.25) is 0 Å². The molecule has 1 saturated heterocycles. The highest BCUT2D eigenvalue weighted by atomic mass is 16.5. The first-order chi connectivity index (χ1) is 7.92. The number of ether oxygens (including phenoxy) is 1. The van der Waals surface area contributed by atoms with E-state index in [1.165, 1.54) is 5.69 Å². The van der Waals surface area contributed by atoms with Crippen LogP contribution in [0.5, 0.6) is 5.75 Å². The number of benzene rings is 1. The van der Waals surface area contributed by atoms with Crippen LogP contribution in [-0.2, 0) is 0 Å². The van der Waals surface area contributed by atoms with E-state index in [0.29, 0.717) is 0 Å². The molecule has 0 bridgehead atoms. The third-order valence-electron chi connectivity index (χ3n) is 2.72.